The van der Waals surface area contributed by atoms with Gasteiger partial charge in [0.2, 0.25) is 0 Å². The highest BCUT2D eigenvalue weighted by Gasteiger charge is 2.20. The molecule has 0 aromatic carbocycles. The number of hydrogen-bond donors (Lipinski definition) is 0. The van der Waals surface area contributed by atoms with Crippen LogP contribution in [0.3, 0.4) is 0 Å². The fraction of sp³-hybridized carbons (Fsp3) is 0.889. The molecular formula is C18H37N3O. The minimum absolute atomic E-state index is 0.109. The third-order valence-electron chi connectivity index (χ3n) is 3.38. The summed E-state index contributed by atoms with van der Waals surface area (Å²) in [5, 5.41) is 8.34. The van der Waals surface area contributed by atoms with Crippen molar-refractivity contribution >= 4 is 0 Å². The van der Waals surface area contributed by atoms with Gasteiger partial charge in [0.1, 0.15) is 0 Å². The number of aromatic nitrogens is 3. The minimum atomic E-state index is -0.109. The van der Waals surface area contributed by atoms with Gasteiger partial charge >= 0.3 is 0 Å². The fourth-order valence-corrected chi connectivity index (χ4v) is 1.91. The van der Waals surface area contributed by atoms with E-state index >= 15 is 0 Å². The number of aryl methyl sites for hydroxylation is 2. The number of rotatable bonds is 8. The topological polar surface area (TPSA) is 39.9 Å². The summed E-state index contributed by atoms with van der Waals surface area (Å²) >= 11 is 0. The van der Waals surface area contributed by atoms with Crippen LogP contribution in [0.1, 0.15) is 80.3 Å². The highest BCUT2D eigenvalue weighted by Crippen LogP contribution is 2.22. The Morgan fingerprint density at radius 1 is 1.09 bits per heavy atom. The summed E-state index contributed by atoms with van der Waals surface area (Å²) in [5.74, 6) is 0. The standard InChI is InChI=1S/C16H31N3O.C2H6/c1-7-8-14-13-19(18-17-14)11-9-16(5,6)20-12-10-15(2,3)4;1-2/h13H,7-12H2,1-6H3;1-2H3. The van der Waals surface area contributed by atoms with Gasteiger partial charge < -0.3 is 4.74 Å². The van der Waals surface area contributed by atoms with E-state index in [1.807, 2.05) is 18.5 Å². The molecule has 1 aromatic heterocycles. The van der Waals surface area contributed by atoms with Crippen molar-refractivity contribution in [3.05, 3.63) is 11.9 Å². The van der Waals surface area contributed by atoms with Crippen LogP contribution < -0.4 is 0 Å². The molecule has 0 amide bonds. The van der Waals surface area contributed by atoms with Gasteiger partial charge in [-0.1, -0.05) is 53.2 Å². The van der Waals surface area contributed by atoms with Crippen molar-refractivity contribution in [1.82, 2.24) is 15.0 Å². The van der Waals surface area contributed by atoms with Gasteiger partial charge in [-0.2, -0.15) is 0 Å². The van der Waals surface area contributed by atoms with Gasteiger partial charge in [-0.05, 0) is 38.5 Å². The zero-order chi connectivity index (χ0) is 17.2. The van der Waals surface area contributed by atoms with E-state index in [-0.39, 0.29) is 5.60 Å². The first-order chi connectivity index (χ1) is 10.2. The van der Waals surface area contributed by atoms with Crippen LogP contribution in [0.25, 0.3) is 0 Å². The van der Waals surface area contributed by atoms with E-state index in [0.717, 1.165) is 44.5 Å². The van der Waals surface area contributed by atoms with Crippen LogP contribution in [0.15, 0.2) is 6.20 Å². The number of nitrogens with zero attached hydrogens (tertiary/aromatic N) is 3. The van der Waals surface area contributed by atoms with E-state index < -0.39 is 0 Å². The van der Waals surface area contributed by atoms with Gasteiger partial charge in [0.15, 0.2) is 0 Å². The molecule has 0 aliphatic rings. The Bertz CT molecular complexity index is 391. The molecule has 0 fully saturated rings. The molecule has 1 aromatic rings. The van der Waals surface area contributed by atoms with Crippen molar-refractivity contribution in [3.8, 4) is 0 Å². The quantitative estimate of drug-likeness (QED) is 0.687. The summed E-state index contributed by atoms with van der Waals surface area (Å²) < 4.78 is 7.95. The summed E-state index contributed by atoms with van der Waals surface area (Å²) in [5.41, 5.74) is 1.30. The Morgan fingerprint density at radius 2 is 1.73 bits per heavy atom. The molecule has 1 rings (SSSR count). The van der Waals surface area contributed by atoms with Crippen molar-refractivity contribution < 1.29 is 4.74 Å². The van der Waals surface area contributed by atoms with Crippen LogP contribution in [0.5, 0.6) is 0 Å². The van der Waals surface area contributed by atoms with Gasteiger partial charge in [0, 0.05) is 19.3 Å². The maximum absolute atomic E-state index is 6.02. The molecule has 1 heterocycles. The zero-order valence-electron chi connectivity index (χ0n) is 16.1. The molecule has 22 heavy (non-hydrogen) atoms. The molecule has 4 nitrogen and oxygen atoms in total. The summed E-state index contributed by atoms with van der Waals surface area (Å²) in [6.45, 7) is 18.9. The lowest BCUT2D eigenvalue weighted by atomic mass is 9.93. The van der Waals surface area contributed by atoms with E-state index in [1.54, 1.807) is 0 Å². The maximum atomic E-state index is 6.02. The largest absolute Gasteiger partial charge is 0.375 e. The van der Waals surface area contributed by atoms with Gasteiger partial charge in [0.05, 0.1) is 11.3 Å². The first kappa shape index (κ1) is 21.1. The van der Waals surface area contributed by atoms with E-state index in [2.05, 4.69) is 58.1 Å². The second kappa shape index (κ2) is 9.98. The van der Waals surface area contributed by atoms with Gasteiger partial charge in [-0.3, -0.25) is 4.68 Å². The molecule has 0 radical (unpaired) electrons. The highest BCUT2D eigenvalue weighted by molar-refractivity contribution is 4.91. The lowest BCUT2D eigenvalue weighted by Crippen LogP contribution is -2.28. The smallest absolute Gasteiger partial charge is 0.0827 e. The van der Waals surface area contributed by atoms with Crippen molar-refractivity contribution in [2.24, 2.45) is 5.41 Å². The highest BCUT2D eigenvalue weighted by atomic mass is 16.5. The lowest BCUT2D eigenvalue weighted by molar-refractivity contribution is -0.0360. The van der Waals surface area contributed by atoms with Gasteiger partial charge in [0.25, 0.3) is 0 Å². The van der Waals surface area contributed by atoms with Crippen molar-refractivity contribution in [2.75, 3.05) is 6.61 Å². The Labute approximate surface area is 137 Å². The van der Waals surface area contributed by atoms with Crippen LogP contribution in [0.4, 0.5) is 0 Å². The number of hydrogen-bond acceptors (Lipinski definition) is 3. The molecule has 0 spiro atoms. The predicted molar refractivity (Wildman–Crippen MR) is 94.1 cm³/mol. The molecule has 0 bridgehead atoms. The lowest BCUT2D eigenvalue weighted by Gasteiger charge is -2.27. The molecule has 4 heteroatoms. The molecule has 0 atom stereocenters. The first-order valence-corrected chi connectivity index (χ1v) is 8.75. The van der Waals surface area contributed by atoms with Crippen molar-refractivity contribution in [1.29, 1.82) is 0 Å². The predicted octanol–water partition coefficient (Wildman–Crippen LogP) is 4.88. The zero-order valence-corrected chi connectivity index (χ0v) is 16.1. The average molecular weight is 312 g/mol. The van der Waals surface area contributed by atoms with Crippen LogP contribution >= 0.6 is 0 Å². The Morgan fingerprint density at radius 3 is 2.27 bits per heavy atom. The maximum Gasteiger partial charge on any atom is 0.0827 e. The third kappa shape index (κ3) is 9.93. The third-order valence-corrected chi connectivity index (χ3v) is 3.38. The van der Waals surface area contributed by atoms with Crippen LogP contribution in [0.2, 0.25) is 0 Å². The van der Waals surface area contributed by atoms with Crippen molar-refractivity contribution in [2.45, 2.75) is 93.2 Å². The van der Waals surface area contributed by atoms with E-state index in [4.69, 9.17) is 4.74 Å². The summed E-state index contributed by atoms with van der Waals surface area (Å²) in [4.78, 5) is 0. The van der Waals surface area contributed by atoms with Crippen LogP contribution in [-0.2, 0) is 17.7 Å². The molecule has 0 saturated carbocycles. The summed E-state index contributed by atoms with van der Waals surface area (Å²) in [6, 6.07) is 0. The van der Waals surface area contributed by atoms with E-state index in [9.17, 15) is 0 Å². The van der Waals surface area contributed by atoms with E-state index in [1.165, 1.54) is 0 Å². The second-order valence-corrected chi connectivity index (χ2v) is 7.39. The molecule has 130 valence electrons. The average Bonchev–Trinajstić information content (AvgIpc) is 2.85. The number of ether oxygens (including phenoxy) is 1. The van der Waals surface area contributed by atoms with Gasteiger partial charge in [-0.25, -0.2) is 0 Å². The molecule has 0 N–H and O–H groups in total. The van der Waals surface area contributed by atoms with Crippen molar-refractivity contribution in [3.63, 3.8) is 0 Å². The SMILES string of the molecule is CC.CCCc1cn(CCC(C)(C)OCCC(C)(C)C)nn1. The Hall–Kier alpha value is -0.900. The monoisotopic (exact) mass is 311 g/mol. The fourth-order valence-electron chi connectivity index (χ4n) is 1.91. The summed E-state index contributed by atoms with van der Waals surface area (Å²) in [7, 11) is 0. The van der Waals surface area contributed by atoms with Gasteiger partial charge in [-0.15, -0.1) is 5.10 Å². The Kier molecular flexibility index (Phi) is 9.58. The normalized spacial score (nSPS) is 12.0. The van der Waals surface area contributed by atoms with Crippen LogP contribution in [-0.4, -0.2) is 27.2 Å². The molecule has 0 aliphatic carbocycles. The van der Waals surface area contributed by atoms with E-state index in [0.29, 0.717) is 5.41 Å². The molecular weight excluding hydrogens is 274 g/mol. The second-order valence-electron chi connectivity index (χ2n) is 7.39. The molecule has 0 saturated heterocycles. The summed E-state index contributed by atoms with van der Waals surface area (Å²) in [6.07, 6.45) is 6.20. The molecule has 0 aliphatic heterocycles. The first-order valence-electron chi connectivity index (χ1n) is 8.75. The minimum Gasteiger partial charge on any atom is -0.375 e. The Balaban J connectivity index is 0.00000211. The van der Waals surface area contributed by atoms with Crippen LogP contribution in [0, 0.1) is 5.41 Å². The molecule has 0 unspecified atom stereocenters.